The van der Waals surface area contributed by atoms with Crippen molar-refractivity contribution in [2.45, 2.75) is 39.1 Å². The first-order chi connectivity index (χ1) is 8.73. The van der Waals surface area contributed by atoms with E-state index >= 15 is 0 Å². The lowest BCUT2D eigenvalue weighted by atomic mass is 9.82. The summed E-state index contributed by atoms with van der Waals surface area (Å²) in [5, 5.41) is 9.59. The summed E-state index contributed by atoms with van der Waals surface area (Å²) in [6, 6.07) is 5.51. The van der Waals surface area contributed by atoms with E-state index in [1.807, 2.05) is 19.1 Å². The van der Waals surface area contributed by atoms with Crippen molar-refractivity contribution < 1.29 is 19.7 Å². The maximum atomic E-state index is 11.9. The largest absolute Gasteiger partial charge is 0.364 e. The highest BCUT2D eigenvalue weighted by Crippen LogP contribution is 2.37. The first kappa shape index (κ1) is 13.9. The number of carbonyl (C=O) groups excluding carboxylic acids is 1. The molecule has 1 aromatic rings. The molecule has 0 fully saturated rings. The zero-order chi connectivity index (χ0) is 14.3. The minimum Gasteiger partial charge on any atom is -0.364 e. The Kier molecular flexibility index (Phi) is 3.34. The van der Waals surface area contributed by atoms with Crippen LogP contribution in [-0.4, -0.2) is 16.7 Å². The second kappa shape index (κ2) is 4.56. The van der Waals surface area contributed by atoms with Crippen LogP contribution in [0, 0.1) is 6.92 Å². The van der Waals surface area contributed by atoms with Gasteiger partial charge >= 0.3 is 0 Å². The Balaban J connectivity index is 2.43. The molecule has 0 saturated carbocycles. The van der Waals surface area contributed by atoms with Crippen molar-refractivity contribution in [2.75, 3.05) is 0 Å². The highest BCUT2D eigenvalue weighted by Gasteiger charge is 2.36. The SMILES string of the molecule is Cc1cccc2c1[C@@](C)(OOC(C)(C)O)C=CC2=O. The second-order valence-electron chi connectivity index (χ2n) is 5.42. The Morgan fingerprint density at radius 2 is 2.00 bits per heavy atom. The summed E-state index contributed by atoms with van der Waals surface area (Å²) in [7, 11) is 0. The fraction of sp³-hybridized carbons (Fsp3) is 0.400. The Hall–Kier alpha value is -1.49. The molecular weight excluding hydrogens is 244 g/mol. The number of fused-ring (bicyclic) bond motifs is 1. The van der Waals surface area contributed by atoms with E-state index in [0.29, 0.717) is 5.56 Å². The zero-order valence-electron chi connectivity index (χ0n) is 11.6. The van der Waals surface area contributed by atoms with E-state index in [2.05, 4.69) is 0 Å². The minimum atomic E-state index is -1.40. The summed E-state index contributed by atoms with van der Waals surface area (Å²) in [5.74, 6) is -1.45. The van der Waals surface area contributed by atoms with E-state index in [0.717, 1.165) is 11.1 Å². The average molecular weight is 262 g/mol. The van der Waals surface area contributed by atoms with Gasteiger partial charge in [-0.05, 0) is 45.4 Å². The molecule has 1 atom stereocenters. The van der Waals surface area contributed by atoms with Gasteiger partial charge in [0.25, 0.3) is 0 Å². The molecule has 1 aromatic carbocycles. The van der Waals surface area contributed by atoms with E-state index in [4.69, 9.17) is 9.78 Å². The molecule has 0 radical (unpaired) electrons. The molecular formula is C15H18O4. The molecule has 4 heteroatoms. The fourth-order valence-corrected chi connectivity index (χ4v) is 2.20. The molecule has 1 aliphatic carbocycles. The number of aliphatic hydroxyl groups is 1. The third-order valence-corrected chi connectivity index (χ3v) is 3.01. The van der Waals surface area contributed by atoms with Crippen molar-refractivity contribution in [2.24, 2.45) is 0 Å². The standard InChI is InChI=1S/C15H18O4/c1-10-6-5-7-11-12(16)8-9-15(4,13(10)11)19-18-14(2,3)17/h5-9,17H,1-4H3/t15-/m0/s1. The van der Waals surface area contributed by atoms with Gasteiger partial charge in [0.15, 0.2) is 11.6 Å². The normalized spacial score (nSPS) is 22.5. The third-order valence-electron chi connectivity index (χ3n) is 3.01. The van der Waals surface area contributed by atoms with Crippen LogP contribution in [0.2, 0.25) is 0 Å². The van der Waals surface area contributed by atoms with Crippen LogP contribution in [-0.2, 0) is 15.4 Å². The molecule has 0 saturated heterocycles. The number of allylic oxidation sites excluding steroid dienone is 1. The maximum absolute atomic E-state index is 11.9. The van der Waals surface area contributed by atoms with Crippen molar-refractivity contribution in [1.82, 2.24) is 0 Å². The van der Waals surface area contributed by atoms with Crippen LogP contribution >= 0.6 is 0 Å². The monoisotopic (exact) mass is 262 g/mol. The molecule has 0 amide bonds. The lowest BCUT2D eigenvalue weighted by Gasteiger charge is -2.33. The van der Waals surface area contributed by atoms with Gasteiger partial charge < -0.3 is 5.11 Å². The quantitative estimate of drug-likeness (QED) is 0.517. The molecule has 2 rings (SSSR count). The van der Waals surface area contributed by atoms with Crippen LogP contribution in [0.15, 0.2) is 30.4 Å². The summed E-state index contributed by atoms with van der Waals surface area (Å²) in [6.45, 7) is 6.67. The second-order valence-corrected chi connectivity index (χ2v) is 5.42. The van der Waals surface area contributed by atoms with Crippen LogP contribution in [0.1, 0.15) is 42.3 Å². The Morgan fingerprint density at radius 3 is 2.63 bits per heavy atom. The van der Waals surface area contributed by atoms with E-state index in [-0.39, 0.29) is 5.78 Å². The van der Waals surface area contributed by atoms with Crippen molar-refractivity contribution in [1.29, 1.82) is 0 Å². The van der Waals surface area contributed by atoms with Crippen molar-refractivity contribution in [3.8, 4) is 0 Å². The summed E-state index contributed by atoms with van der Waals surface area (Å²) in [5.41, 5.74) is 1.42. The predicted molar refractivity (Wildman–Crippen MR) is 70.5 cm³/mol. The van der Waals surface area contributed by atoms with Crippen molar-refractivity contribution >= 4 is 5.78 Å². The smallest absolute Gasteiger partial charge is 0.193 e. The van der Waals surface area contributed by atoms with Crippen LogP contribution in [0.3, 0.4) is 0 Å². The highest BCUT2D eigenvalue weighted by molar-refractivity contribution is 6.07. The third kappa shape index (κ3) is 2.76. The van der Waals surface area contributed by atoms with Gasteiger partial charge in [-0.15, -0.1) is 0 Å². The van der Waals surface area contributed by atoms with Gasteiger partial charge in [0.05, 0.1) is 0 Å². The van der Waals surface area contributed by atoms with Gasteiger partial charge in [-0.2, -0.15) is 0 Å². The van der Waals surface area contributed by atoms with Crippen LogP contribution in [0.5, 0.6) is 0 Å². The topological polar surface area (TPSA) is 55.8 Å². The Morgan fingerprint density at radius 1 is 1.32 bits per heavy atom. The predicted octanol–water partition coefficient (Wildman–Crippen LogP) is 2.64. The number of benzene rings is 1. The van der Waals surface area contributed by atoms with Gasteiger partial charge in [-0.25, -0.2) is 9.78 Å². The molecule has 1 aliphatic rings. The number of rotatable bonds is 3. The number of carbonyl (C=O) groups is 1. The average Bonchev–Trinajstić information content (AvgIpc) is 2.31. The molecule has 0 aromatic heterocycles. The summed E-state index contributed by atoms with van der Waals surface area (Å²) in [6.07, 6.45) is 3.12. The highest BCUT2D eigenvalue weighted by atomic mass is 17.2. The van der Waals surface area contributed by atoms with Gasteiger partial charge in [0.1, 0.15) is 5.60 Å². The zero-order valence-corrected chi connectivity index (χ0v) is 11.6. The molecule has 4 nitrogen and oxygen atoms in total. The van der Waals surface area contributed by atoms with E-state index in [1.165, 1.54) is 19.9 Å². The van der Waals surface area contributed by atoms with Crippen LogP contribution < -0.4 is 0 Å². The molecule has 102 valence electrons. The molecule has 0 aliphatic heterocycles. The van der Waals surface area contributed by atoms with Gasteiger partial charge in [-0.3, -0.25) is 4.79 Å². The number of hydrogen-bond donors (Lipinski definition) is 1. The number of ketones is 1. The summed E-state index contributed by atoms with van der Waals surface area (Å²) in [4.78, 5) is 22.3. The Bertz CT molecular complexity index is 540. The number of aryl methyl sites for hydroxylation is 1. The number of hydrogen-bond acceptors (Lipinski definition) is 4. The van der Waals surface area contributed by atoms with Crippen molar-refractivity contribution in [3.63, 3.8) is 0 Å². The lowest BCUT2D eigenvalue weighted by Crippen LogP contribution is -2.35. The first-order valence-corrected chi connectivity index (χ1v) is 6.16. The first-order valence-electron chi connectivity index (χ1n) is 6.16. The van der Waals surface area contributed by atoms with Crippen LogP contribution in [0.25, 0.3) is 0 Å². The van der Waals surface area contributed by atoms with E-state index in [1.54, 1.807) is 19.1 Å². The van der Waals surface area contributed by atoms with Crippen LogP contribution in [0.4, 0.5) is 0 Å². The summed E-state index contributed by atoms with van der Waals surface area (Å²) >= 11 is 0. The maximum Gasteiger partial charge on any atom is 0.193 e. The minimum absolute atomic E-state index is 0.0527. The molecule has 0 bridgehead atoms. The Labute approximate surface area is 112 Å². The van der Waals surface area contributed by atoms with E-state index in [9.17, 15) is 9.90 Å². The summed E-state index contributed by atoms with van der Waals surface area (Å²) < 4.78 is 0. The van der Waals surface area contributed by atoms with Gasteiger partial charge in [0.2, 0.25) is 0 Å². The molecule has 0 spiro atoms. The van der Waals surface area contributed by atoms with E-state index < -0.39 is 11.4 Å². The molecule has 1 N–H and O–H groups in total. The lowest BCUT2D eigenvalue weighted by molar-refractivity contribution is -0.443. The van der Waals surface area contributed by atoms with Crippen molar-refractivity contribution in [3.05, 3.63) is 47.0 Å². The molecule has 19 heavy (non-hydrogen) atoms. The molecule has 0 heterocycles. The molecule has 0 unspecified atom stereocenters. The van der Waals surface area contributed by atoms with Gasteiger partial charge in [-0.1, -0.05) is 18.2 Å². The van der Waals surface area contributed by atoms with Gasteiger partial charge in [0, 0.05) is 11.1 Å². The fourth-order valence-electron chi connectivity index (χ4n) is 2.20.